The molecule has 16 heavy (non-hydrogen) atoms. The van der Waals surface area contributed by atoms with Crippen molar-refractivity contribution in [3.63, 3.8) is 0 Å². The minimum absolute atomic E-state index is 0.282. The van der Waals surface area contributed by atoms with Crippen molar-refractivity contribution in [1.29, 1.82) is 0 Å². The Bertz CT molecular complexity index is 166. The highest BCUT2D eigenvalue weighted by Gasteiger charge is 2.25. The van der Waals surface area contributed by atoms with E-state index >= 15 is 0 Å². The summed E-state index contributed by atoms with van der Waals surface area (Å²) in [5, 5.41) is 3.31. The lowest BCUT2D eigenvalue weighted by molar-refractivity contribution is 0.154. The van der Waals surface area contributed by atoms with E-state index in [1.807, 2.05) is 0 Å². The van der Waals surface area contributed by atoms with E-state index in [1.54, 1.807) is 0 Å². The number of alkyl halides is 1. The molecule has 2 heteroatoms. The van der Waals surface area contributed by atoms with Crippen molar-refractivity contribution < 1.29 is 4.39 Å². The van der Waals surface area contributed by atoms with Crippen molar-refractivity contribution in [2.45, 2.75) is 65.0 Å². The number of halogens is 1. The molecule has 0 bridgehead atoms. The van der Waals surface area contributed by atoms with Crippen LogP contribution in [0.15, 0.2) is 0 Å². The van der Waals surface area contributed by atoms with Crippen LogP contribution in [0.5, 0.6) is 0 Å². The molecule has 1 saturated heterocycles. The SMILES string of the molecule is CCCCC(CC)CC(F)C1CCCNC1. The zero-order chi connectivity index (χ0) is 11.8. The van der Waals surface area contributed by atoms with E-state index in [2.05, 4.69) is 19.2 Å². The molecule has 3 unspecified atom stereocenters. The molecule has 0 saturated carbocycles. The minimum Gasteiger partial charge on any atom is -0.316 e. The first-order valence-electron chi connectivity index (χ1n) is 7.12. The van der Waals surface area contributed by atoms with Gasteiger partial charge in [-0.1, -0.05) is 39.5 Å². The quantitative estimate of drug-likeness (QED) is 0.697. The standard InChI is InChI=1S/C14H28FN/c1-3-5-7-12(4-2)10-14(15)13-8-6-9-16-11-13/h12-14,16H,3-11H2,1-2H3. The summed E-state index contributed by atoms with van der Waals surface area (Å²) < 4.78 is 14.1. The van der Waals surface area contributed by atoms with E-state index in [4.69, 9.17) is 0 Å². The fraction of sp³-hybridized carbons (Fsp3) is 1.00. The average molecular weight is 229 g/mol. The summed E-state index contributed by atoms with van der Waals surface area (Å²) in [5.74, 6) is 0.890. The molecular weight excluding hydrogens is 201 g/mol. The zero-order valence-electron chi connectivity index (χ0n) is 11.0. The van der Waals surface area contributed by atoms with Crippen LogP contribution in [0.1, 0.15) is 58.8 Å². The fourth-order valence-electron chi connectivity index (χ4n) is 2.68. The van der Waals surface area contributed by atoms with Gasteiger partial charge in [0.1, 0.15) is 6.17 Å². The molecule has 1 rings (SSSR count). The molecule has 0 aromatic carbocycles. The molecule has 1 aliphatic rings. The van der Waals surface area contributed by atoms with E-state index in [0.717, 1.165) is 38.8 Å². The predicted molar refractivity (Wildman–Crippen MR) is 68.4 cm³/mol. The Morgan fingerprint density at radius 1 is 1.38 bits per heavy atom. The molecule has 1 fully saturated rings. The Morgan fingerprint density at radius 2 is 2.19 bits per heavy atom. The highest BCUT2D eigenvalue weighted by Crippen LogP contribution is 2.26. The van der Waals surface area contributed by atoms with Gasteiger partial charge < -0.3 is 5.32 Å². The lowest BCUT2D eigenvalue weighted by Gasteiger charge is -2.28. The third-order valence-corrected chi connectivity index (χ3v) is 3.95. The Morgan fingerprint density at radius 3 is 2.75 bits per heavy atom. The summed E-state index contributed by atoms with van der Waals surface area (Å²) in [6, 6.07) is 0. The summed E-state index contributed by atoms with van der Waals surface area (Å²) in [4.78, 5) is 0. The van der Waals surface area contributed by atoms with Crippen LogP contribution in [0, 0.1) is 11.8 Å². The van der Waals surface area contributed by atoms with Crippen LogP contribution in [0.25, 0.3) is 0 Å². The molecule has 0 spiro atoms. The number of hydrogen-bond donors (Lipinski definition) is 1. The molecule has 0 aromatic rings. The van der Waals surface area contributed by atoms with Crippen LogP contribution < -0.4 is 5.32 Å². The molecule has 0 radical (unpaired) electrons. The van der Waals surface area contributed by atoms with Gasteiger partial charge in [-0.25, -0.2) is 4.39 Å². The smallest absolute Gasteiger partial charge is 0.104 e. The van der Waals surface area contributed by atoms with E-state index in [-0.39, 0.29) is 5.92 Å². The van der Waals surface area contributed by atoms with Crippen molar-refractivity contribution in [3.8, 4) is 0 Å². The summed E-state index contributed by atoms with van der Waals surface area (Å²) in [6.45, 7) is 6.39. The van der Waals surface area contributed by atoms with Crippen LogP contribution in [0.4, 0.5) is 4.39 Å². The molecule has 1 nitrogen and oxygen atoms in total. The Kier molecular flexibility index (Phi) is 7.02. The monoisotopic (exact) mass is 229 g/mol. The second-order valence-electron chi connectivity index (χ2n) is 5.27. The first-order valence-corrected chi connectivity index (χ1v) is 7.12. The average Bonchev–Trinajstić information content (AvgIpc) is 2.35. The van der Waals surface area contributed by atoms with Crippen LogP contribution in [0.3, 0.4) is 0 Å². The maximum atomic E-state index is 14.1. The van der Waals surface area contributed by atoms with Gasteiger partial charge in [-0.2, -0.15) is 0 Å². The maximum absolute atomic E-state index is 14.1. The van der Waals surface area contributed by atoms with Gasteiger partial charge in [-0.05, 0) is 31.7 Å². The fourth-order valence-corrected chi connectivity index (χ4v) is 2.68. The summed E-state index contributed by atoms with van der Waals surface area (Å²) in [7, 11) is 0. The van der Waals surface area contributed by atoms with Gasteiger partial charge in [-0.15, -0.1) is 0 Å². The first-order chi connectivity index (χ1) is 7.77. The van der Waals surface area contributed by atoms with Gasteiger partial charge in [-0.3, -0.25) is 0 Å². The van der Waals surface area contributed by atoms with E-state index in [0.29, 0.717) is 5.92 Å². The number of nitrogens with one attached hydrogen (secondary N) is 1. The summed E-state index contributed by atoms with van der Waals surface area (Å²) >= 11 is 0. The Hall–Kier alpha value is -0.110. The largest absolute Gasteiger partial charge is 0.316 e. The second kappa shape index (κ2) is 8.05. The van der Waals surface area contributed by atoms with Crippen LogP contribution >= 0.6 is 0 Å². The highest BCUT2D eigenvalue weighted by atomic mass is 19.1. The van der Waals surface area contributed by atoms with Gasteiger partial charge in [0.05, 0.1) is 0 Å². The van der Waals surface area contributed by atoms with Crippen LogP contribution in [-0.2, 0) is 0 Å². The second-order valence-corrected chi connectivity index (χ2v) is 5.27. The van der Waals surface area contributed by atoms with Crippen LogP contribution in [0.2, 0.25) is 0 Å². The van der Waals surface area contributed by atoms with Gasteiger partial charge in [0.15, 0.2) is 0 Å². The Balaban J connectivity index is 2.26. The lowest BCUT2D eigenvalue weighted by Crippen LogP contribution is -2.35. The third-order valence-electron chi connectivity index (χ3n) is 3.95. The molecule has 1 N–H and O–H groups in total. The molecular formula is C14H28FN. The zero-order valence-corrected chi connectivity index (χ0v) is 11.0. The van der Waals surface area contributed by atoms with Gasteiger partial charge in [0.25, 0.3) is 0 Å². The molecule has 0 amide bonds. The molecule has 1 aliphatic heterocycles. The van der Waals surface area contributed by atoms with Crippen molar-refractivity contribution in [2.75, 3.05) is 13.1 Å². The van der Waals surface area contributed by atoms with Crippen molar-refractivity contribution in [2.24, 2.45) is 11.8 Å². The number of rotatable bonds is 7. The van der Waals surface area contributed by atoms with Gasteiger partial charge >= 0.3 is 0 Å². The van der Waals surface area contributed by atoms with Crippen molar-refractivity contribution in [1.82, 2.24) is 5.32 Å². The van der Waals surface area contributed by atoms with Crippen LogP contribution in [-0.4, -0.2) is 19.3 Å². The summed E-state index contributed by atoms with van der Waals surface area (Å²) in [5.41, 5.74) is 0. The molecule has 1 heterocycles. The maximum Gasteiger partial charge on any atom is 0.104 e. The number of piperidine rings is 1. The molecule has 3 atom stereocenters. The highest BCUT2D eigenvalue weighted by molar-refractivity contribution is 4.78. The van der Waals surface area contributed by atoms with Crippen molar-refractivity contribution in [3.05, 3.63) is 0 Å². The van der Waals surface area contributed by atoms with Crippen molar-refractivity contribution >= 4 is 0 Å². The molecule has 0 aromatic heterocycles. The number of unbranched alkanes of at least 4 members (excludes halogenated alkanes) is 1. The lowest BCUT2D eigenvalue weighted by atomic mass is 9.86. The minimum atomic E-state index is -0.574. The Labute approximate surface area is 100 Å². The number of hydrogen-bond acceptors (Lipinski definition) is 1. The normalized spacial score (nSPS) is 25.3. The van der Waals surface area contributed by atoms with E-state index < -0.39 is 6.17 Å². The van der Waals surface area contributed by atoms with E-state index in [9.17, 15) is 4.39 Å². The first kappa shape index (κ1) is 14.0. The van der Waals surface area contributed by atoms with Gasteiger partial charge in [0.2, 0.25) is 0 Å². The predicted octanol–water partition coefficient (Wildman–Crippen LogP) is 3.93. The summed E-state index contributed by atoms with van der Waals surface area (Å²) in [6.07, 6.45) is 7.30. The molecule has 0 aliphatic carbocycles. The molecule has 96 valence electrons. The van der Waals surface area contributed by atoms with E-state index in [1.165, 1.54) is 19.3 Å². The topological polar surface area (TPSA) is 12.0 Å². The third kappa shape index (κ3) is 4.82. The van der Waals surface area contributed by atoms with Gasteiger partial charge in [0, 0.05) is 12.5 Å².